The van der Waals surface area contributed by atoms with Gasteiger partial charge in [0.05, 0.1) is 10.0 Å². The van der Waals surface area contributed by atoms with Crippen LogP contribution in [-0.2, 0) is 9.05 Å². The summed E-state index contributed by atoms with van der Waals surface area (Å²) in [4.78, 5) is 11.5. The first-order valence-electron chi connectivity index (χ1n) is 5.99. The molecule has 1 amide bonds. The molecule has 0 aliphatic carbocycles. The molecule has 0 fully saturated rings. The van der Waals surface area contributed by atoms with Crippen molar-refractivity contribution < 1.29 is 13.2 Å². The quantitative estimate of drug-likeness (QED) is 0.620. The fraction of sp³-hybridized carbons (Fsp3) is 0.417. The number of nitrogens with one attached hydrogen (secondary N) is 1. The number of halogens is 3. The summed E-state index contributed by atoms with van der Waals surface area (Å²) in [6, 6.07) is 2.43. The number of hydrogen-bond donors (Lipinski definition) is 1. The van der Waals surface area contributed by atoms with Crippen LogP contribution in [0.4, 0.5) is 0 Å². The Morgan fingerprint density at radius 2 is 1.90 bits per heavy atom. The van der Waals surface area contributed by atoms with Crippen LogP contribution in [0.5, 0.6) is 0 Å². The van der Waals surface area contributed by atoms with E-state index in [2.05, 4.69) is 12.2 Å². The highest BCUT2D eigenvalue weighted by molar-refractivity contribution is 8.13. The van der Waals surface area contributed by atoms with Gasteiger partial charge < -0.3 is 5.32 Å². The van der Waals surface area contributed by atoms with E-state index in [1.54, 1.807) is 0 Å². The average molecular weight is 359 g/mol. The second kappa shape index (κ2) is 7.50. The molecule has 0 aromatic heterocycles. The van der Waals surface area contributed by atoms with Crippen molar-refractivity contribution in [3.8, 4) is 0 Å². The van der Waals surface area contributed by atoms with E-state index in [-0.39, 0.29) is 20.5 Å². The Labute approximate surface area is 132 Å². The second-order valence-corrected chi connectivity index (χ2v) is 7.49. The minimum absolute atomic E-state index is 0.0351. The molecule has 8 heteroatoms. The first-order chi connectivity index (χ1) is 9.27. The molecule has 0 heterocycles. The number of carbonyl (C=O) groups excluding carboxylic acids is 1. The van der Waals surface area contributed by atoms with Gasteiger partial charge in [-0.1, -0.05) is 43.0 Å². The van der Waals surface area contributed by atoms with Crippen molar-refractivity contribution in [1.29, 1.82) is 0 Å². The Morgan fingerprint density at radius 1 is 1.25 bits per heavy atom. The van der Waals surface area contributed by atoms with E-state index >= 15 is 0 Å². The van der Waals surface area contributed by atoms with Crippen molar-refractivity contribution in [2.24, 2.45) is 0 Å². The summed E-state index contributed by atoms with van der Waals surface area (Å²) in [6.07, 6.45) is 2.89. The van der Waals surface area contributed by atoms with Gasteiger partial charge in [0.2, 0.25) is 0 Å². The van der Waals surface area contributed by atoms with Crippen LogP contribution in [0.25, 0.3) is 0 Å². The van der Waals surface area contributed by atoms with Gasteiger partial charge in [-0.2, -0.15) is 0 Å². The molecule has 0 saturated heterocycles. The molecule has 1 aromatic rings. The third-order valence-electron chi connectivity index (χ3n) is 2.59. The van der Waals surface area contributed by atoms with Crippen LogP contribution < -0.4 is 5.32 Å². The van der Waals surface area contributed by atoms with E-state index in [0.717, 1.165) is 25.3 Å². The number of hydrogen-bond acceptors (Lipinski definition) is 3. The lowest BCUT2D eigenvalue weighted by Crippen LogP contribution is -2.24. The van der Waals surface area contributed by atoms with Crippen molar-refractivity contribution in [3.63, 3.8) is 0 Å². The summed E-state index contributed by atoms with van der Waals surface area (Å²) < 4.78 is 22.7. The molecular formula is C12H14Cl3NO3S. The molecule has 1 N–H and O–H groups in total. The molecular weight excluding hydrogens is 345 g/mol. The smallest absolute Gasteiger partial charge is 0.262 e. The Bertz CT molecular complexity index is 602. The van der Waals surface area contributed by atoms with Crippen molar-refractivity contribution in [2.75, 3.05) is 6.54 Å². The zero-order valence-corrected chi connectivity index (χ0v) is 13.8. The number of amides is 1. The van der Waals surface area contributed by atoms with Crippen LogP contribution in [-0.4, -0.2) is 20.9 Å². The molecule has 0 saturated carbocycles. The third kappa shape index (κ3) is 4.81. The summed E-state index contributed by atoms with van der Waals surface area (Å²) in [5.74, 6) is -0.416. The van der Waals surface area contributed by atoms with E-state index < -0.39 is 15.0 Å². The number of carbonyl (C=O) groups is 1. The first-order valence-corrected chi connectivity index (χ1v) is 9.05. The molecule has 20 heavy (non-hydrogen) atoms. The van der Waals surface area contributed by atoms with Gasteiger partial charge in [-0.05, 0) is 18.6 Å². The molecule has 0 aliphatic rings. The van der Waals surface area contributed by atoms with E-state index in [1.807, 2.05) is 0 Å². The van der Waals surface area contributed by atoms with Gasteiger partial charge in [0.15, 0.2) is 0 Å². The third-order valence-corrected chi connectivity index (χ3v) is 4.85. The van der Waals surface area contributed by atoms with Crippen LogP contribution in [0.1, 0.15) is 36.5 Å². The Kier molecular flexibility index (Phi) is 6.58. The van der Waals surface area contributed by atoms with Crippen LogP contribution in [0.15, 0.2) is 17.0 Å². The molecule has 112 valence electrons. The average Bonchev–Trinajstić information content (AvgIpc) is 2.36. The van der Waals surface area contributed by atoms with Gasteiger partial charge >= 0.3 is 0 Å². The van der Waals surface area contributed by atoms with Crippen LogP contribution >= 0.6 is 33.9 Å². The largest absolute Gasteiger partial charge is 0.352 e. The highest BCUT2D eigenvalue weighted by atomic mass is 35.7. The van der Waals surface area contributed by atoms with Crippen molar-refractivity contribution >= 4 is 48.8 Å². The molecule has 0 aliphatic heterocycles. The van der Waals surface area contributed by atoms with Crippen LogP contribution in [0.3, 0.4) is 0 Å². The monoisotopic (exact) mass is 357 g/mol. The summed E-state index contributed by atoms with van der Waals surface area (Å²) in [5, 5.41) is 2.45. The van der Waals surface area contributed by atoms with Crippen molar-refractivity contribution in [1.82, 2.24) is 5.32 Å². The van der Waals surface area contributed by atoms with Gasteiger partial charge in [-0.15, -0.1) is 0 Å². The van der Waals surface area contributed by atoms with Crippen molar-refractivity contribution in [2.45, 2.75) is 31.1 Å². The lowest BCUT2D eigenvalue weighted by Gasteiger charge is -2.08. The predicted octanol–water partition coefficient (Wildman–Crippen LogP) is 3.84. The minimum Gasteiger partial charge on any atom is -0.352 e. The fourth-order valence-corrected chi connectivity index (χ4v) is 3.32. The van der Waals surface area contributed by atoms with E-state index in [9.17, 15) is 13.2 Å². The maximum Gasteiger partial charge on any atom is 0.262 e. The summed E-state index contributed by atoms with van der Waals surface area (Å²) >= 11 is 11.6. The molecule has 1 rings (SSSR count). The number of unbranched alkanes of at least 4 members (excludes halogenated alkanes) is 2. The standard InChI is InChI=1S/C12H14Cl3NO3S/c1-2-3-4-5-16-12(17)8-6-9(13)11(14)10(7-8)20(15,18)19/h6-7H,2-5H2,1H3,(H,16,17). The van der Waals surface area contributed by atoms with E-state index in [0.29, 0.717) is 6.54 Å². The second-order valence-electron chi connectivity index (χ2n) is 4.17. The molecule has 0 radical (unpaired) electrons. The Balaban J connectivity index is 2.97. The molecule has 4 nitrogen and oxygen atoms in total. The highest BCUT2D eigenvalue weighted by Gasteiger charge is 2.20. The molecule has 0 atom stereocenters. The molecule has 0 bridgehead atoms. The SMILES string of the molecule is CCCCCNC(=O)c1cc(Cl)c(Cl)c(S(=O)(=O)Cl)c1. The van der Waals surface area contributed by atoms with Gasteiger partial charge in [-0.25, -0.2) is 8.42 Å². The zero-order valence-electron chi connectivity index (χ0n) is 10.8. The zero-order chi connectivity index (χ0) is 15.3. The van der Waals surface area contributed by atoms with Crippen LogP contribution in [0.2, 0.25) is 10.0 Å². The minimum atomic E-state index is -4.07. The number of rotatable bonds is 6. The topological polar surface area (TPSA) is 63.2 Å². The first kappa shape index (κ1) is 17.6. The highest BCUT2D eigenvalue weighted by Crippen LogP contribution is 2.32. The maximum atomic E-state index is 11.9. The summed E-state index contributed by atoms with van der Waals surface area (Å²) in [7, 11) is 1.19. The normalized spacial score (nSPS) is 11.4. The summed E-state index contributed by atoms with van der Waals surface area (Å²) in [6.45, 7) is 2.56. The van der Waals surface area contributed by atoms with E-state index in [4.69, 9.17) is 33.9 Å². The van der Waals surface area contributed by atoms with Gasteiger partial charge in [-0.3, -0.25) is 4.79 Å². The Morgan fingerprint density at radius 3 is 2.45 bits per heavy atom. The van der Waals surface area contributed by atoms with Crippen molar-refractivity contribution in [3.05, 3.63) is 27.7 Å². The predicted molar refractivity (Wildman–Crippen MR) is 81.4 cm³/mol. The molecule has 0 unspecified atom stereocenters. The van der Waals surface area contributed by atoms with E-state index in [1.165, 1.54) is 6.07 Å². The Hall–Kier alpha value is -0.490. The fourth-order valence-electron chi connectivity index (χ4n) is 1.55. The lowest BCUT2D eigenvalue weighted by molar-refractivity contribution is 0.0953. The molecule has 0 spiro atoms. The summed E-state index contributed by atoms with van der Waals surface area (Å²) in [5.41, 5.74) is 0.107. The van der Waals surface area contributed by atoms with Gasteiger partial charge in [0.1, 0.15) is 4.90 Å². The van der Waals surface area contributed by atoms with Gasteiger partial charge in [0.25, 0.3) is 15.0 Å². The number of benzene rings is 1. The lowest BCUT2D eigenvalue weighted by atomic mass is 10.2. The maximum absolute atomic E-state index is 11.9. The van der Waals surface area contributed by atoms with Gasteiger partial charge in [0, 0.05) is 22.8 Å². The van der Waals surface area contributed by atoms with Crippen LogP contribution in [0, 0.1) is 0 Å². The molecule has 1 aromatic carbocycles.